The van der Waals surface area contributed by atoms with Gasteiger partial charge in [-0.15, -0.1) is 11.3 Å². The van der Waals surface area contributed by atoms with E-state index in [1.165, 1.54) is 4.88 Å². The van der Waals surface area contributed by atoms with Gasteiger partial charge in [0.05, 0.1) is 10.9 Å². The van der Waals surface area contributed by atoms with Crippen molar-refractivity contribution in [3.05, 3.63) is 39.3 Å². The molecule has 2 heterocycles. The van der Waals surface area contributed by atoms with E-state index in [1.807, 2.05) is 36.5 Å². The third-order valence-electron chi connectivity index (χ3n) is 2.77. The van der Waals surface area contributed by atoms with Gasteiger partial charge in [0.1, 0.15) is 0 Å². The van der Waals surface area contributed by atoms with Crippen LogP contribution in [0.1, 0.15) is 24.3 Å². The third kappa shape index (κ3) is 4.44. The van der Waals surface area contributed by atoms with Crippen LogP contribution < -0.4 is 10.2 Å². The van der Waals surface area contributed by atoms with E-state index in [4.69, 9.17) is 11.6 Å². The predicted molar refractivity (Wildman–Crippen MR) is 85.4 cm³/mol. The summed E-state index contributed by atoms with van der Waals surface area (Å²) in [5.41, 5.74) is 1.09. The number of rotatable bonds is 6. The van der Waals surface area contributed by atoms with E-state index in [0.717, 1.165) is 28.9 Å². The Bertz CT molecular complexity index is 538. The molecule has 0 unspecified atom stereocenters. The number of hydrogen-bond donors (Lipinski definition) is 1. The van der Waals surface area contributed by atoms with Gasteiger partial charge in [-0.05, 0) is 12.1 Å². The molecular formula is C14H19ClN4S. The van der Waals surface area contributed by atoms with Gasteiger partial charge in [0.25, 0.3) is 0 Å². The summed E-state index contributed by atoms with van der Waals surface area (Å²) in [5.74, 6) is 0.725. The number of thiophene rings is 1. The molecule has 0 saturated heterocycles. The lowest BCUT2D eigenvalue weighted by atomic mass is 10.3. The summed E-state index contributed by atoms with van der Waals surface area (Å²) in [7, 11) is 1.98. The highest BCUT2D eigenvalue weighted by molar-refractivity contribution is 7.16. The van der Waals surface area contributed by atoms with Crippen molar-refractivity contribution in [3.8, 4) is 0 Å². The van der Waals surface area contributed by atoms with Crippen molar-refractivity contribution in [2.45, 2.75) is 33.0 Å². The maximum atomic E-state index is 5.93. The summed E-state index contributed by atoms with van der Waals surface area (Å²) in [5, 5.41) is 3.35. The Morgan fingerprint density at radius 2 is 2.00 bits per heavy atom. The van der Waals surface area contributed by atoms with Gasteiger partial charge in [0, 0.05) is 42.5 Å². The first-order valence-corrected chi connectivity index (χ1v) is 7.73. The SMILES string of the molecule is CC(C)NCc1cnc(N(C)Cc2ccc(Cl)s2)nc1. The molecule has 0 fully saturated rings. The lowest BCUT2D eigenvalue weighted by Crippen LogP contribution is -2.22. The van der Waals surface area contributed by atoms with Crippen LogP contribution in [0.5, 0.6) is 0 Å². The molecule has 0 radical (unpaired) electrons. The fourth-order valence-electron chi connectivity index (χ4n) is 1.70. The summed E-state index contributed by atoms with van der Waals surface area (Å²) in [4.78, 5) is 12.0. The number of anilines is 1. The molecule has 108 valence electrons. The van der Waals surface area contributed by atoms with Gasteiger partial charge >= 0.3 is 0 Å². The van der Waals surface area contributed by atoms with Gasteiger partial charge in [0.15, 0.2) is 0 Å². The predicted octanol–water partition coefficient (Wildman–Crippen LogP) is 3.33. The van der Waals surface area contributed by atoms with Crippen LogP contribution in [0.4, 0.5) is 5.95 Å². The van der Waals surface area contributed by atoms with Gasteiger partial charge in [-0.25, -0.2) is 9.97 Å². The quantitative estimate of drug-likeness (QED) is 0.888. The van der Waals surface area contributed by atoms with E-state index in [0.29, 0.717) is 6.04 Å². The van der Waals surface area contributed by atoms with E-state index in [9.17, 15) is 0 Å². The van der Waals surface area contributed by atoms with Gasteiger partial charge in [-0.3, -0.25) is 0 Å². The minimum absolute atomic E-state index is 0.459. The lowest BCUT2D eigenvalue weighted by Gasteiger charge is -2.16. The molecule has 2 aromatic heterocycles. The van der Waals surface area contributed by atoms with Crippen molar-refractivity contribution >= 4 is 28.9 Å². The van der Waals surface area contributed by atoms with E-state index in [2.05, 4.69) is 29.1 Å². The Morgan fingerprint density at radius 3 is 2.55 bits per heavy atom. The molecule has 0 atom stereocenters. The highest BCUT2D eigenvalue weighted by Gasteiger charge is 2.07. The molecule has 0 saturated carbocycles. The van der Waals surface area contributed by atoms with Crippen LogP contribution in [-0.4, -0.2) is 23.1 Å². The Labute approximate surface area is 128 Å². The Morgan fingerprint density at radius 1 is 1.30 bits per heavy atom. The maximum Gasteiger partial charge on any atom is 0.225 e. The molecule has 1 N–H and O–H groups in total. The maximum absolute atomic E-state index is 5.93. The minimum Gasteiger partial charge on any atom is -0.339 e. The fourth-order valence-corrected chi connectivity index (χ4v) is 2.84. The van der Waals surface area contributed by atoms with Crippen molar-refractivity contribution < 1.29 is 0 Å². The number of nitrogens with one attached hydrogen (secondary N) is 1. The van der Waals surface area contributed by atoms with Crippen LogP contribution in [-0.2, 0) is 13.1 Å². The van der Waals surface area contributed by atoms with Crippen LogP contribution in [0.15, 0.2) is 24.5 Å². The molecule has 4 nitrogen and oxygen atoms in total. The Hall–Kier alpha value is -1.17. The molecule has 0 aliphatic heterocycles. The number of nitrogens with zero attached hydrogens (tertiary/aromatic N) is 3. The van der Waals surface area contributed by atoms with Crippen molar-refractivity contribution in [2.24, 2.45) is 0 Å². The first-order chi connectivity index (χ1) is 9.54. The molecule has 20 heavy (non-hydrogen) atoms. The zero-order valence-electron chi connectivity index (χ0n) is 11.9. The van der Waals surface area contributed by atoms with Gasteiger partial charge in [-0.2, -0.15) is 0 Å². The summed E-state index contributed by atoms with van der Waals surface area (Å²) in [6.07, 6.45) is 3.74. The van der Waals surface area contributed by atoms with Gasteiger partial charge in [0.2, 0.25) is 5.95 Å². The second kappa shape index (κ2) is 7.02. The lowest BCUT2D eigenvalue weighted by molar-refractivity contribution is 0.586. The second-order valence-electron chi connectivity index (χ2n) is 4.99. The van der Waals surface area contributed by atoms with Crippen LogP contribution in [0.2, 0.25) is 4.34 Å². The van der Waals surface area contributed by atoms with Crippen LogP contribution in [0.25, 0.3) is 0 Å². The zero-order chi connectivity index (χ0) is 14.5. The Kier molecular flexibility index (Phi) is 5.34. The summed E-state index contributed by atoms with van der Waals surface area (Å²) in [6, 6.07) is 4.40. The van der Waals surface area contributed by atoms with E-state index < -0.39 is 0 Å². The van der Waals surface area contributed by atoms with E-state index in [-0.39, 0.29) is 0 Å². The monoisotopic (exact) mass is 310 g/mol. The molecule has 0 bridgehead atoms. The topological polar surface area (TPSA) is 41.1 Å². The highest BCUT2D eigenvalue weighted by Crippen LogP contribution is 2.23. The zero-order valence-corrected chi connectivity index (χ0v) is 13.5. The first-order valence-electron chi connectivity index (χ1n) is 6.54. The average Bonchev–Trinajstić information content (AvgIpc) is 2.82. The highest BCUT2D eigenvalue weighted by atomic mass is 35.5. The van der Waals surface area contributed by atoms with E-state index in [1.54, 1.807) is 11.3 Å². The molecule has 2 aromatic rings. The summed E-state index contributed by atoms with van der Waals surface area (Å²) < 4.78 is 0.810. The normalized spacial score (nSPS) is 11.1. The third-order valence-corrected chi connectivity index (χ3v) is 3.99. The van der Waals surface area contributed by atoms with Crippen LogP contribution in [0, 0.1) is 0 Å². The standard InChI is InChI=1S/C14H19ClN4S/c1-10(2)16-6-11-7-17-14(18-8-11)19(3)9-12-4-5-13(15)20-12/h4-5,7-8,10,16H,6,9H2,1-3H3. The minimum atomic E-state index is 0.459. The molecule has 0 spiro atoms. The largest absolute Gasteiger partial charge is 0.339 e. The number of halogens is 1. The molecule has 6 heteroatoms. The molecule has 0 aromatic carbocycles. The van der Waals surface area contributed by atoms with Crippen LogP contribution >= 0.6 is 22.9 Å². The van der Waals surface area contributed by atoms with Crippen molar-refractivity contribution in [1.29, 1.82) is 0 Å². The van der Waals surface area contributed by atoms with Crippen molar-refractivity contribution in [1.82, 2.24) is 15.3 Å². The molecule has 0 aliphatic carbocycles. The average molecular weight is 311 g/mol. The number of aromatic nitrogens is 2. The van der Waals surface area contributed by atoms with Crippen LogP contribution in [0.3, 0.4) is 0 Å². The molecular weight excluding hydrogens is 292 g/mol. The fraction of sp³-hybridized carbons (Fsp3) is 0.429. The molecule has 2 rings (SSSR count). The van der Waals surface area contributed by atoms with Crippen molar-refractivity contribution in [2.75, 3.05) is 11.9 Å². The molecule has 0 aliphatic rings. The smallest absolute Gasteiger partial charge is 0.225 e. The summed E-state index contributed by atoms with van der Waals surface area (Å²) in [6.45, 7) is 5.80. The number of hydrogen-bond acceptors (Lipinski definition) is 5. The van der Waals surface area contributed by atoms with Gasteiger partial charge in [-0.1, -0.05) is 25.4 Å². The van der Waals surface area contributed by atoms with Crippen molar-refractivity contribution in [3.63, 3.8) is 0 Å². The van der Waals surface area contributed by atoms with Gasteiger partial charge < -0.3 is 10.2 Å². The second-order valence-corrected chi connectivity index (χ2v) is 6.79. The molecule has 0 amide bonds. The summed E-state index contributed by atoms with van der Waals surface area (Å²) >= 11 is 7.52. The Balaban J connectivity index is 1.94. The first kappa shape index (κ1) is 15.2. The van der Waals surface area contributed by atoms with E-state index >= 15 is 0 Å².